The first-order valence-corrected chi connectivity index (χ1v) is 3.58. The minimum atomic E-state index is -1.01. The van der Waals surface area contributed by atoms with Gasteiger partial charge >= 0.3 is 11.9 Å². The molecule has 1 unspecified atom stereocenters. The van der Waals surface area contributed by atoms with Gasteiger partial charge in [0.15, 0.2) is 0 Å². The van der Waals surface area contributed by atoms with E-state index in [2.05, 4.69) is 0 Å². The molecule has 0 saturated carbocycles. The normalized spacial score (nSPS) is 14.0. The fraction of sp³-hybridized carbons (Fsp3) is 0.500. The number of carbonyl (C=O) groups is 2. The largest absolute Gasteiger partial charge is 0.481 e. The predicted octanol–water partition coefficient (Wildman–Crippen LogP) is 1.13. The third-order valence-electron chi connectivity index (χ3n) is 1.54. The van der Waals surface area contributed by atoms with Crippen LogP contribution in [0, 0.1) is 5.92 Å². The van der Waals surface area contributed by atoms with Crippen LogP contribution in [0.15, 0.2) is 11.6 Å². The molecule has 0 rings (SSSR count). The third-order valence-corrected chi connectivity index (χ3v) is 1.54. The molecular formula is C8H12O4. The van der Waals surface area contributed by atoms with Crippen molar-refractivity contribution in [3.63, 3.8) is 0 Å². The SMILES string of the molecule is C/C(=C/CC(C)C(=O)O)C(=O)O. The summed E-state index contributed by atoms with van der Waals surface area (Å²) in [6, 6.07) is 0. The average Bonchev–Trinajstić information content (AvgIpc) is 1.98. The molecule has 1 atom stereocenters. The monoisotopic (exact) mass is 172 g/mol. The molecule has 0 amide bonds. The van der Waals surface area contributed by atoms with Crippen LogP contribution in [-0.2, 0) is 9.59 Å². The number of aliphatic carboxylic acids is 2. The summed E-state index contributed by atoms with van der Waals surface area (Å²) in [5.74, 6) is -2.45. The predicted molar refractivity (Wildman–Crippen MR) is 42.8 cm³/mol. The Hall–Kier alpha value is -1.32. The number of rotatable bonds is 4. The van der Waals surface area contributed by atoms with Gasteiger partial charge < -0.3 is 10.2 Å². The molecule has 0 aliphatic carbocycles. The van der Waals surface area contributed by atoms with E-state index < -0.39 is 17.9 Å². The van der Waals surface area contributed by atoms with Crippen LogP contribution in [0.1, 0.15) is 20.3 Å². The summed E-state index contributed by atoms with van der Waals surface area (Å²) in [4.78, 5) is 20.6. The van der Waals surface area contributed by atoms with Crippen molar-refractivity contribution in [3.8, 4) is 0 Å². The van der Waals surface area contributed by atoms with Gasteiger partial charge in [0.05, 0.1) is 5.92 Å². The van der Waals surface area contributed by atoms with Crippen LogP contribution in [0.5, 0.6) is 0 Å². The van der Waals surface area contributed by atoms with E-state index in [0.29, 0.717) is 0 Å². The molecule has 0 fully saturated rings. The molecule has 4 heteroatoms. The molecule has 0 bridgehead atoms. The van der Waals surface area contributed by atoms with Crippen molar-refractivity contribution in [2.75, 3.05) is 0 Å². The van der Waals surface area contributed by atoms with Crippen molar-refractivity contribution in [2.45, 2.75) is 20.3 Å². The lowest BCUT2D eigenvalue weighted by Gasteiger charge is -2.00. The quantitative estimate of drug-likeness (QED) is 0.623. The van der Waals surface area contributed by atoms with E-state index >= 15 is 0 Å². The van der Waals surface area contributed by atoms with Crippen LogP contribution in [0.25, 0.3) is 0 Å². The first-order valence-electron chi connectivity index (χ1n) is 3.58. The summed E-state index contributed by atoms with van der Waals surface area (Å²) in [7, 11) is 0. The zero-order chi connectivity index (χ0) is 9.72. The molecule has 4 nitrogen and oxygen atoms in total. The highest BCUT2D eigenvalue weighted by atomic mass is 16.4. The molecule has 0 heterocycles. The van der Waals surface area contributed by atoms with Gasteiger partial charge in [-0.1, -0.05) is 13.0 Å². The van der Waals surface area contributed by atoms with Gasteiger partial charge in [0.25, 0.3) is 0 Å². The number of hydrogen-bond acceptors (Lipinski definition) is 2. The maximum absolute atomic E-state index is 10.3. The van der Waals surface area contributed by atoms with Crippen LogP contribution < -0.4 is 0 Å². The van der Waals surface area contributed by atoms with E-state index in [1.807, 2.05) is 0 Å². The highest BCUT2D eigenvalue weighted by Gasteiger charge is 2.09. The Labute approximate surface area is 70.5 Å². The average molecular weight is 172 g/mol. The molecule has 0 aromatic heterocycles. The van der Waals surface area contributed by atoms with Crippen molar-refractivity contribution in [1.29, 1.82) is 0 Å². The molecular weight excluding hydrogens is 160 g/mol. The third kappa shape index (κ3) is 3.75. The summed E-state index contributed by atoms with van der Waals surface area (Å²) in [5.41, 5.74) is 0.183. The Balaban J connectivity index is 4.04. The maximum atomic E-state index is 10.3. The van der Waals surface area contributed by atoms with Crippen LogP contribution in [-0.4, -0.2) is 22.2 Å². The van der Waals surface area contributed by atoms with Gasteiger partial charge in [-0.2, -0.15) is 0 Å². The molecule has 2 N–H and O–H groups in total. The van der Waals surface area contributed by atoms with E-state index in [1.54, 1.807) is 0 Å². The molecule has 0 aliphatic rings. The second kappa shape index (κ2) is 4.54. The molecule has 0 saturated heterocycles. The minimum Gasteiger partial charge on any atom is -0.481 e. The summed E-state index contributed by atoms with van der Waals surface area (Å²) in [6.45, 7) is 2.98. The van der Waals surface area contributed by atoms with E-state index in [4.69, 9.17) is 10.2 Å². The first kappa shape index (κ1) is 10.7. The molecule has 0 radical (unpaired) electrons. The van der Waals surface area contributed by atoms with Crippen molar-refractivity contribution in [3.05, 3.63) is 11.6 Å². The lowest BCUT2D eigenvalue weighted by molar-refractivity contribution is -0.141. The standard InChI is InChI=1S/C8H12O4/c1-5(7(9)10)3-4-6(2)8(11)12/h3,6H,4H2,1-2H3,(H,9,10)(H,11,12)/b5-3-. The van der Waals surface area contributed by atoms with Gasteiger partial charge in [-0.3, -0.25) is 4.79 Å². The van der Waals surface area contributed by atoms with E-state index in [1.165, 1.54) is 19.9 Å². The Bertz CT molecular complexity index is 217. The highest BCUT2D eigenvalue weighted by Crippen LogP contribution is 2.05. The van der Waals surface area contributed by atoms with Crippen LogP contribution >= 0.6 is 0 Å². The Morgan fingerprint density at radius 3 is 2.25 bits per heavy atom. The van der Waals surface area contributed by atoms with Crippen LogP contribution in [0.4, 0.5) is 0 Å². The molecule has 0 aromatic carbocycles. The zero-order valence-electron chi connectivity index (χ0n) is 7.07. The Morgan fingerprint density at radius 2 is 1.92 bits per heavy atom. The van der Waals surface area contributed by atoms with Crippen molar-refractivity contribution in [1.82, 2.24) is 0 Å². The lowest BCUT2D eigenvalue weighted by Crippen LogP contribution is -2.08. The fourth-order valence-electron chi connectivity index (χ4n) is 0.542. The van der Waals surface area contributed by atoms with Crippen molar-refractivity contribution in [2.24, 2.45) is 5.92 Å². The van der Waals surface area contributed by atoms with Crippen molar-refractivity contribution >= 4 is 11.9 Å². The van der Waals surface area contributed by atoms with Crippen LogP contribution in [0.2, 0.25) is 0 Å². The lowest BCUT2D eigenvalue weighted by atomic mass is 10.1. The first-order chi connectivity index (χ1) is 5.45. The molecule has 0 aromatic rings. The molecule has 12 heavy (non-hydrogen) atoms. The zero-order valence-corrected chi connectivity index (χ0v) is 7.07. The summed E-state index contributed by atoms with van der Waals surface area (Å²) < 4.78 is 0. The van der Waals surface area contributed by atoms with Gasteiger partial charge in [-0.25, -0.2) is 4.79 Å². The second-order valence-corrected chi connectivity index (χ2v) is 2.67. The van der Waals surface area contributed by atoms with Gasteiger partial charge in [0.1, 0.15) is 0 Å². The van der Waals surface area contributed by atoms with Crippen LogP contribution in [0.3, 0.4) is 0 Å². The van der Waals surface area contributed by atoms with Gasteiger partial charge in [0, 0.05) is 5.57 Å². The minimum absolute atomic E-state index is 0.183. The number of hydrogen-bond donors (Lipinski definition) is 2. The second-order valence-electron chi connectivity index (χ2n) is 2.67. The number of carboxylic acids is 2. The Kier molecular flexibility index (Phi) is 4.04. The summed E-state index contributed by atoms with van der Waals surface area (Å²) >= 11 is 0. The molecule has 0 spiro atoms. The van der Waals surface area contributed by atoms with Gasteiger partial charge in [0.2, 0.25) is 0 Å². The van der Waals surface area contributed by atoms with Gasteiger partial charge in [-0.15, -0.1) is 0 Å². The molecule has 0 aliphatic heterocycles. The maximum Gasteiger partial charge on any atom is 0.330 e. The number of carboxylic acid groups (broad SMARTS) is 2. The smallest absolute Gasteiger partial charge is 0.330 e. The summed E-state index contributed by atoms with van der Waals surface area (Å²) in [5, 5.41) is 16.9. The Morgan fingerprint density at radius 1 is 1.42 bits per heavy atom. The van der Waals surface area contributed by atoms with Gasteiger partial charge in [-0.05, 0) is 13.3 Å². The van der Waals surface area contributed by atoms with E-state index in [0.717, 1.165) is 0 Å². The molecule has 68 valence electrons. The highest BCUT2D eigenvalue weighted by molar-refractivity contribution is 5.85. The topological polar surface area (TPSA) is 74.6 Å². The van der Waals surface area contributed by atoms with E-state index in [9.17, 15) is 9.59 Å². The fourth-order valence-corrected chi connectivity index (χ4v) is 0.542. The summed E-state index contributed by atoms with van der Waals surface area (Å²) in [6.07, 6.45) is 1.68. The number of allylic oxidation sites excluding steroid dienone is 1. The van der Waals surface area contributed by atoms with E-state index in [-0.39, 0.29) is 12.0 Å². The van der Waals surface area contributed by atoms with Crippen molar-refractivity contribution < 1.29 is 19.8 Å².